The zero-order chi connectivity index (χ0) is 13.3. The maximum Gasteiger partial charge on any atom is 0.100 e. The summed E-state index contributed by atoms with van der Waals surface area (Å²) in [4.78, 5) is 0. The van der Waals surface area contributed by atoms with Gasteiger partial charge >= 0.3 is 0 Å². The summed E-state index contributed by atoms with van der Waals surface area (Å²) in [5.41, 5.74) is 2.53. The molecule has 0 aliphatic carbocycles. The number of rotatable bonds is 7. The Kier molecular flexibility index (Phi) is 5.61. The van der Waals surface area contributed by atoms with Crippen LogP contribution in [-0.4, -0.2) is 6.17 Å². The summed E-state index contributed by atoms with van der Waals surface area (Å²) in [5, 5.41) is 0. The van der Waals surface area contributed by atoms with Crippen molar-refractivity contribution in [1.29, 1.82) is 0 Å². The van der Waals surface area contributed by atoms with E-state index in [0.29, 0.717) is 12.8 Å². The van der Waals surface area contributed by atoms with Gasteiger partial charge in [0.25, 0.3) is 0 Å². The molecule has 2 aromatic carbocycles. The van der Waals surface area contributed by atoms with Crippen LogP contribution in [0.2, 0.25) is 0 Å². The normalized spacial score (nSPS) is 12.3. The van der Waals surface area contributed by atoms with Crippen LogP contribution in [0.25, 0.3) is 0 Å². The molecule has 100 valence electrons. The summed E-state index contributed by atoms with van der Waals surface area (Å²) >= 11 is 0. The van der Waals surface area contributed by atoms with Crippen LogP contribution in [-0.2, 0) is 12.8 Å². The summed E-state index contributed by atoms with van der Waals surface area (Å²) in [7, 11) is 0. The third kappa shape index (κ3) is 5.25. The second-order valence-electron chi connectivity index (χ2n) is 5.00. The van der Waals surface area contributed by atoms with Crippen molar-refractivity contribution < 1.29 is 4.39 Å². The summed E-state index contributed by atoms with van der Waals surface area (Å²) in [6.07, 6.45) is 3.38. The quantitative estimate of drug-likeness (QED) is 0.655. The highest BCUT2D eigenvalue weighted by molar-refractivity contribution is 5.15. The van der Waals surface area contributed by atoms with E-state index in [0.717, 1.165) is 19.3 Å². The van der Waals surface area contributed by atoms with Crippen molar-refractivity contribution in [2.24, 2.45) is 0 Å². The van der Waals surface area contributed by atoms with Crippen molar-refractivity contribution in [3.8, 4) is 0 Å². The average Bonchev–Trinajstić information content (AvgIpc) is 2.47. The van der Waals surface area contributed by atoms with Gasteiger partial charge in [-0.1, -0.05) is 60.7 Å². The van der Waals surface area contributed by atoms with E-state index in [2.05, 4.69) is 24.3 Å². The predicted molar refractivity (Wildman–Crippen MR) is 79.0 cm³/mol. The molecule has 0 spiro atoms. The molecule has 0 N–H and O–H groups in total. The number of hydrogen-bond donors (Lipinski definition) is 0. The Balaban J connectivity index is 1.64. The molecular formula is C18H21F. The minimum atomic E-state index is -0.677. The van der Waals surface area contributed by atoms with Gasteiger partial charge in [-0.15, -0.1) is 0 Å². The zero-order valence-electron chi connectivity index (χ0n) is 11.3. The van der Waals surface area contributed by atoms with Crippen molar-refractivity contribution >= 4 is 0 Å². The summed E-state index contributed by atoms with van der Waals surface area (Å²) < 4.78 is 13.8. The third-order valence-corrected chi connectivity index (χ3v) is 3.41. The highest BCUT2D eigenvalue weighted by Crippen LogP contribution is 2.14. The molecule has 2 aromatic rings. The van der Waals surface area contributed by atoms with Gasteiger partial charge in [0.15, 0.2) is 0 Å². The first-order chi connectivity index (χ1) is 9.34. The lowest BCUT2D eigenvalue weighted by atomic mass is 10.0. The maximum atomic E-state index is 13.8. The Morgan fingerprint density at radius 3 is 1.79 bits per heavy atom. The van der Waals surface area contributed by atoms with Crippen LogP contribution in [0.4, 0.5) is 4.39 Å². The molecule has 0 bridgehead atoms. The molecule has 0 aromatic heterocycles. The van der Waals surface area contributed by atoms with Gasteiger partial charge in [-0.05, 0) is 43.2 Å². The van der Waals surface area contributed by atoms with E-state index < -0.39 is 6.17 Å². The summed E-state index contributed by atoms with van der Waals surface area (Å²) in [6, 6.07) is 20.5. The number of halogens is 1. The first kappa shape index (κ1) is 13.8. The van der Waals surface area contributed by atoms with E-state index in [-0.39, 0.29) is 0 Å². The summed E-state index contributed by atoms with van der Waals surface area (Å²) in [6.45, 7) is 0. The molecule has 1 heteroatoms. The van der Waals surface area contributed by atoms with Gasteiger partial charge in [-0.3, -0.25) is 0 Å². The Bertz CT molecular complexity index is 450. The minimum absolute atomic E-state index is 0.638. The van der Waals surface area contributed by atoms with Crippen LogP contribution < -0.4 is 0 Å². The molecular weight excluding hydrogens is 235 g/mol. The van der Waals surface area contributed by atoms with E-state index >= 15 is 0 Å². The third-order valence-electron chi connectivity index (χ3n) is 3.41. The van der Waals surface area contributed by atoms with Gasteiger partial charge in [0, 0.05) is 0 Å². The first-order valence-electron chi connectivity index (χ1n) is 7.06. The van der Waals surface area contributed by atoms with Crippen LogP contribution in [0.5, 0.6) is 0 Å². The maximum absolute atomic E-state index is 13.8. The van der Waals surface area contributed by atoms with Gasteiger partial charge in [-0.25, -0.2) is 4.39 Å². The molecule has 0 heterocycles. The van der Waals surface area contributed by atoms with Crippen LogP contribution in [0.3, 0.4) is 0 Å². The molecule has 0 amide bonds. The number of alkyl halides is 1. The van der Waals surface area contributed by atoms with E-state index in [4.69, 9.17) is 0 Å². The largest absolute Gasteiger partial charge is 0.247 e. The molecule has 0 aliphatic heterocycles. The van der Waals surface area contributed by atoms with Gasteiger partial charge in [0.1, 0.15) is 6.17 Å². The molecule has 0 saturated heterocycles. The lowest BCUT2D eigenvalue weighted by Crippen LogP contribution is -2.03. The topological polar surface area (TPSA) is 0 Å². The number of benzene rings is 2. The van der Waals surface area contributed by atoms with Crippen LogP contribution in [0.15, 0.2) is 60.7 Å². The molecule has 0 radical (unpaired) electrons. The Morgan fingerprint density at radius 2 is 1.21 bits per heavy atom. The number of aryl methyl sites for hydroxylation is 2. The van der Waals surface area contributed by atoms with Crippen molar-refractivity contribution in [3.63, 3.8) is 0 Å². The SMILES string of the molecule is F[C@@H](CCCc1ccccc1)CCc1ccccc1. The Labute approximate surface area is 115 Å². The van der Waals surface area contributed by atoms with E-state index in [9.17, 15) is 4.39 Å². The fourth-order valence-corrected chi connectivity index (χ4v) is 2.28. The van der Waals surface area contributed by atoms with Gasteiger partial charge < -0.3 is 0 Å². The van der Waals surface area contributed by atoms with Crippen molar-refractivity contribution in [1.82, 2.24) is 0 Å². The fraction of sp³-hybridized carbons (Fsp3) is 0.333. The first-order valence-corrected chi connectivity index (χ1v) is 7.06. The average molecular weight is 256 g/mol. The second-order valence-corrected chi connectivity index (χ2v) is 5.00. The highest BCUT2D eigenvalue weighted by atomic mass is 19.1. The van der Waals surface area contributed by atoms with Crippen molar-refractivity contribution in [3.05, 3.63) is 71.8 Å². The van der Waals surface area contributed by atoms with E-state index in [1.807, 2.05) is 36.4 Å². The van der Waals surface area contributed by atoms with Gasteiger partial charge in [-0.2, -0.15) is 0 Å². The van der Waals surface area contributed by atoms with Crippen molar-refractivity contribution in [2.75, 3.05) is 0 Å². The standard InChI is InChI=1S/C18H21F/c19-18(15-14-17-10-5-2-6-11-17)13-7-12-16-8-3-1-4-9-16/h1-6,8-11,18H,7,12-15H2/t18-/m0/s1. The molecule has 0 unspecified atom stereocenters. The molecule has 0 fully saturated rings. The van der Waals surface area contributed by atoms with Crippen LogP contribution >= 0.6 is 0 Å². The Morgan fingerprint density at radius 1 is 0.684 bits per heavy atom. The highest BCUT2D eigenvalue weighted by Gasteiger charge is 2.06. The fourth-order valence-electron chi connectivity index (χ4n) is 2.28. The Hall–Kier alpha value is -1.63. The minimum Gasteiger partial charge on any atom is -0.247 e. The van der Waals surface area contributed by atoms with Crippen molar-refractivity contribution in [2.45, 2.75) is 38.3 Å². The smallest absolute Gasteiger partial charge is 0.100 e. The van der Waals surface area contributed by atoms with Gasteiger partial charge in [0.05, 0.1) is 0 Å². The van der Waals surface area contributed by atoms with E-state index in [1.54, 1.807) is 0 Å². The van der Waals surface area contributed by atoms with Crippen LogP contribution in [0, 0.1) is 0 Å². The lowest BCUT2D eigenvalue weighted by Gasteiger charge is -2.08. The molecule has 19 heavy (non-hydrogen) atoms. The lowest BCUT2D eigenvalue weighted by molar-refractivity contribution is 0.291. The number of hydrogen-bond acceptors (Lipinski definition) is 0. The molecule has 2 rings (SSSR count). The molecule has 1 atom stereocenters. The predicted octanol–water partition coefficient (Wildman–Crippen LogP) is 4.98. The second kappa shape index (κ2) is 7.73. The zero-order valence-corrected chi connectivity index (χ0v) is 11.3. The van der Waals surface area contributed by atoms with Gasteiger partial charge in [0.2, 0.25) is 0 Å². The summed E-state index contributed by atoms with van der Waals surface area (Å²) in [5.74, 6) is 0. The molecule has 0 saturated carbocycles. The van der Waals surface area contributed by atoms with Crippen LogP contribution in [0.1, 0.15) is 30.4 Å². The molecule has 0 aliphatic rings. The molecule has 0 nitrogen and oxygen atoms in total. The van der Waals surface area contributed by atoms with E-state index in [1.165, 1.54) is 11.1 Å². The monoisotopic (exact) mass is 256 g/mol.